The van der Waals surface area contributed by atoms with E-state index in [1.807, 2.05) is 18.2 Å². The van der Waals surface area contributed by atoms with Crippen molar-refractivity contribution in [1.82, 2.24) is 0 Å². The average molecular weight is 272 g/mol. The molecule has 0 amide bonds. The number of para-hydroxylation sites is 1. The summed E-state index contributed by atoms with van der Waals surface area (Å²) < 4.78 is 5.45. The molecule has 0 aromatic heterocycles. The van der Waals surface area contributed by atoms with Crippen LogP contribution in [0.2, 0.25) is 0 Å². The number of fused-ring (bicyclic) bond motifs is 6. The summed E-state index contributed by atoms with van der Waals surface area (Å²) >= 11 is 0. The number of carbonyl (C=O) groups is 1. The third-order valence-corrected chi connectivity index (χ3v) is 5.57. The molecule has 0 spiro atoms. The second-order valence-electron chi connectivity index (χ2n) is 6.48. The zero-order chi connectivity index (χ0) is 13.7. The quantitative estimate of drug-likeness (QED) is 0.583. The summed E-state index contributed by atoms with van der Waals surface area (Å²) in [6, 6.07) is 7.48. The molecular weight excluding hydrogens is 252 g/mol. The Hall–Kier alpha value is -1.35. The van der Waals surface area contributed by atoms with Crippen molar-refractivity contribution >= 4 is 5.97 Å². The molecule has 4 rings (SSSR count). The smallest absolute Gasteiger partial charge is 0.317 e. The molecule has 106 valence electrons. The van der Waals surface area contributed by atoms with Crippen LogP contribution in [0.5, 0.6) is 5.75 Å². The van der Waals surface area contributed by atoms with Crippen LogP contribution in [0.3, 0.4) is 0 Å². The molecule has 4 atom stereocenters. The van der Waals surface area contributed by atoms with Crippen molar-refractivity contribution in [3.63, 3.8) is 0 Å². The number of esters is 1. The molecule has 1 aromatic rings. The highest BCUT2D eigenvalue weighted by Crippen LogP contribution is 2.63. The third kappa shape index (κ3) is 1.47. The summed E-state index contributed by atoms with van der Waals surface area (Å²) in [5.74, 6) is 0.508. The van der Waals surface area contributed by atoms with Crippen molar-refractivity contribution in [2.75, 3.05) is 0 Å². The Morgan fingerprint density at radius 3 is 2.70 bits per heavy atom. The van der Waals surface area contributed by atoms with E-state index in [4.69, 9.17) is 4.74 Å². The van der Waals surface area contributed by atoms with E-state index in [0.717, 1.165) is 24.8 Å². The lowest BCUT2D eigenvalue weighted by molar-refractivity contribution is -0.229. The number of aliphatic hydroxyl groups is 1. The molecule has 2 saturated carbocycles. The van der Waals surface area contributed by atoms with Gasteiger partial charge in [0.2, 0.25) is 0 Å². The Morgan fingerprint density at radius 2 is 1.85 bits per heavy atom. The Morgan fingerprint density at radius 1 is 1.10 bits per heavy atom. The summed E-state index contributed by atoms with van der Waals surface area (Å²) in [6.45, 7) is 0. The molecule has 0 saturated heterocycles. The normalized spacial score (nSPS) is 39.2. The second-order valence-corrected chi connectivity index (χ2v) is 6.48. The molecule has 0 radical (unpaired) electrons. The predicted octanol–water partition coefficient (Wildman–Crippen LogP) is 3.01. The van der Waals surface area contributed by atoms with E-state index in [0.29, 0.717) is 11.7 Å². The number of ether oxygens (including phenoxy) is 1. The van der Waals surface area contributed by atoms with Gasteiger partial charge in [0, 0.05) is 5.56 Å². The topological polar surface area (TPSA) is 46.5 Å². The molecule has 1 aliphatic heterocycles. The van der Waals surface area contributed by atoms with Gasteiger partial charge in [0.1, 0.15) is 11.4 Å². The first-order valence-corrected chi connectivity index (χ1v) is 7.76. The molecule has 3 aliphatic rings. The molecule has 20 heavy (non-hydrogen) atoms. The monoisotopic (exact) mass is 272 g/mol. The van der Waals surface area contributed by atoms with Gasteiger partial charge in [-0.05, 0) is 30.7 Å². The SMILES string of the molecule is O=C1Oc2ccccc2[C@]2(O)[C@@H]3CCCCCC[C@@H]3[C@@H]12. The Balaban J connectivity index is 1.78. The van der Waals surface area contributed by atoms with Gasteiger partial charge < -0.3 is 9.84 Å². The molecule has 1 heterocycles. The minimum absolute atomic E-state index is 0.224. The van der Waals surface area contributed by atoms with Gasteiger partial charge in [0.15, 0.2) is 0 Å². The van der Waals surface area contributed by atoms with Crippen molar-refractivity contribution in [2.24, 2.45) is 17.8 Å². The molecule has 0 bridgehead atoms. The van der Waals surface area contributed by atoms with E-state index in [-0.39, 0.29) is 17.8 Å². The van der Waals surface area contributed by atoms with Crippen molar-refractivity contribution in [1.29, 1.82) is 0 Å². The van der Waals surface area contributed by atoms with E-state index >= 15 is 0 Å². The van der Waals surface area contributed by atoms with Gasteiger partial charge in [0.25, 0.3) is 0 Å². The fourth-order valence-corrected chi connectivity index (χ4v) is 4.68. The minimum atomic E-state index is -0.978. The summed E-state index contributed by atoms with van der Waals surface area (Å²) in [7, 11) is 0. The second kappa shape index (κ2) is 4.32. The summed E-state index contributed by atoms with van der Waals surface area (Å²) in [6.07, 6.45) is 6.90. The van der Waals surface area contributed by atoms with Crippen LogP contribution in [0.25, 0.3) is 0 Å². The van der Waals surface area contributed by atoms with Gasteiger partial charge in [-0.15, -0.1) is 0 Å². The predicted molar refractivity (Wildman–Crippen MR) is 74.1 cm³/mol. The zero-order valence-corrected chi connectivity index (χ0v) is 11.5. The number of benzene rings is 1. The van der Waals surface area contributed by atoms with E-state index < -0.39 is 5.60 Å². The van der Waals surface area contributed by atoms with E-state index in [9.17, 15) is 9.90 Å². The molecule has 2 fully saturated rings. The third-order valence-electron chi connectivity index (χ3n) is 5.57. The Bertz CT molecular complexity index is 553. The van der Waals surface area contributed by atoms with Crippen LogP contribution in [0, 0.1) is 17.8 Å². The van der Waals surface area contributed by atoms with Crippen LogP contribution in [0.4, 0.5) is 0 Å². The zero-order valence-electron chi connectivity index (χ0n) is 11.5. The van der Waals surface area contributed by atoms with Crippen molar-refractivity contribution in [3.05, 3.63) is 29.8 Å². The lowest BCUT2D eigenvalue weighted by atomic mass is 9.47. The Labute approximate surface area is 118 Å². The van der Waals surface area contributed by atoms with Gasteiger partial charge >= 0.3 is 5.97 Å². The van der Waals surface area contributed by atoms with E-state index in [2.05, 4.69) is 0 Å². The average Bonchev–Trinajstić information content (AvgIpc) is 2.40. The van der Waals surface area contributed by atoms with Gasteiger partial charge in [-0.2, -0.15) is 0 Å². The standard InChI is InChI=1S/C17H20O3/c18-16-15-11-7-3-1-2-4-8-12(11)17(15,19)13-9-5-6-10-14(13)20-16/h5-6,9-12,15,19H,1-4,7-8H2/t11-,12+,15-,17+/m0/s1. The van der Waals surface area contributed by atoms with Crippen LogP contribution >= 0.6 is 0 Å². The van der Waals surface area contributed by atoms with E-state index in [1.54, 1.807) is 6.07 Å². The molecule has 3 nitrogen and oxygen atoms in total. The maximum absolute atomic E-state index is 12.3. The lowest BCUT2D eigenvalue weighted by Crippen LogP contribution is -2.65. The number of carbonyl (C=O) groups excluding carboxylic acids is 1. The van der Waals surface area contributed by atoms with Gasteiger partial charge in [-0.3, -0.25) is 4.79 Å². The van der Waals surface area contributed by atoms with Crippen LogP contribution in [0.15, 0.2) is 24.3 Å². The number of hydrogen-bond donors (Lipinski definition) is 1. The van der Waals surface area contributed by atoms with Crippen LogP contribution in [0.1, 0.15) is 44.1 Å². The molecule has 2 aliphatic carbocycles. The first-order valence-electron chi connectivity index (χ1n) is 7.76. The fourth-order valence-electron chi connectivity index (χ4n) is 4.68. The fraction of sp³-hybridized carbons (Fsp3) is 0.588. The van der Waals surface area contributed by atoms with Gasteiger partial charge in [0.05, 0.1) is 5.92 Å². The van der Waals surface area contributed by atoms with Gasteiger partial charge in [-0.25, -0.2) is 0 Å². The highest BCUT2D eigenvalue weighted by Gasteiger charge is 2.67. The van der Waals surface area contributed by atoms with Gasteiger partial charge in [-0.1, -0.05) is 43.9 Å². The van der Waals surface area contributed by atoms with Crippen LogP contribution in [-0.2, 0) is 10.4 Å². The van der Waals surface area contributed by atoms with Crippen LogP contribution < -0.4 is 4.74 Å². The molecule has 3 heteroatoms. The molecule has 1 N–H and O–H groups in total. The maximum Gasteiger partial charge on any atom is 0.317 e. The number of hydrogen-bond acceptors (Lipinski definition) is 3. The van der Waals surface area contributed by atoms with Crippen molar-refractivity contribution in [3.8, 4) is 5.75 Å². The maximum atomic E-state index is 12.3. The largest absolute Gasteiger partial charge is 0.426 e. The summed E-state index contributed by atoms with van der Waals surface area (Å²) in [4.78, 5) is 12.3. The first kappa shape index (κ1) is 12.4. The minimum Gasteiger partial charge on any atom is -0.426 e. The number of rotatable bonds is 0. The van der Waals surface area contributed by atoms with Crippen molar-refractivity contribution < 1.29 is 14.6 Å². The highest BCUT2D eigenvalue weighted by molar-refractivity contribution is 5.82. The first-order chi connectivity index (χ1) is 9.73. The Kier molecular flexibility index (Phi) is 2.68. The van der Waals surface area contributed by atoms with E-state index in [1.165, 1.54) is 19.3 Å². The summed E-state index contributed by atoms with van der Waals surface area (Å²) in [5, 5.41) is 11.3. The molecular formula is C17H20O3. The lowest BCUT2D eigenvalue weighted by Gasteiger charge is -2.60. The van der Waals surface area contributed by atoms with Crippen LogP contribution in [-0.4, -0.2) is 11.1 Å². The summed E-state index contributed by atoms with van der Waals surface area (Å²) in [5.41, 5.74) is -0.153. The van der Waals surface area contributed by atoms with Crippen molar-refractivity contribution in [2.45, 2.75) is 44.1 Å². The molecule has 0 unspecified atom stereocenters. The highest BCUT2D eigenvalue weighted by atomic mass is 16.5. The molecule has 1 aromatic carbocycles.